The number of carboxylic acids is 1. The Balaban J connectivity index is 3.08. The normalized spacial score (nSPS) is 12.4. The summed E-state index contributed by atoms with van der Waals surface area (Å²) in [7, 11) is 0. The number of nitro groups is 1. The molecular formula is C7H8N3O4-. The molecule has 0 fully saturated rings. The lowest BCUT2D eigenvalue weighted by atomic mass is 10.3. The Kier molecular flexibility index (Phi) is 2.50. The summed E-state index contributed by atoms with van der Waals surface area (Å²) < 4.78 is 1.00. The smallest absolute Gasteiger partial charge is 0.309 e. The molecule has 0 aromatic carbocycles. The van der Waals surface area contributed by atoms with Gasteiger partial charge in [-0.2, -0.15) is 5.10 Å². The van der Waals surface area contributed by atoms with Crippen LogP contribution in [-0.4, -0.2) is 20.7 Å². The lowest BCUT2D eigenvalue weighted by Gasteiger charge is -2.11. The Morgan fingerprint density at radius 1 is 1.71 bits per heavy atom. The van der Waals surface area contributed by atoms with Crippen molar-refractivity contribution in [1.82, 2.24) is 9.78 Å². The van der Waals surface area contributed by atoms with Crippen LogP contribution in [0.15, 0.2) is 6.20 Å². The van der Waals surface area contributed by atoms with Crippen molar-refractivity contribution in [2.75, 3.05) is 0 Å². The van der Waals surface area contributed by atoms with Gasteiger partial charge < -0.3 is 9.90 Å². The van der Waals surface area contributed by atoms with Gasteiger partial charge in [0, 0.05) is 0 Å². The molecule has 0 spiro atoms. The lowest BCUT2D eigenvalue weighted by Crippen LogP contribution is -2.31. The van der Waals surface area contributed by atoms with Gasteiger partial charge in [0.1, 0.15) is 11.9 Å². The second-order valence-corrected chi connectivity index (χ2v) is 2.83. The summed E-state index contributed by atoms with van der Waals surface area (Å²) in [4.78, 5) is 20.3. The van der Waals surface area contributed by atoms with Crippen LogP contribution >= 0.6 is 0 Å². The van der Waals surface area contributed by atoms with E-state index in [-0.39, 0.29) is 11.4 Å². The zero-order valence-corrected chi connectivity index (χ0v) is 7.63. The van der Waals surface area contributed by atoms with Gasteiger partial charge in [-0.25, -0.2) is 0 Å². The molecule has 0 aliphatic heterocycles. The minimum atomic E-state index is -1.33. The minimum Gasteiger partial charge on any atom is -0.548 e. The van der Waals surface area contributed by atoms with E-state index in [1.807, 2.05) is 0 Å². The molecule has 14 heavy (non-hydrogen) atoms. The number of hydrogen-bond acceptors (Lipinski definition) is 5. The van der Waals surface area contributed by atoms with Gasteiger partial charge in [-0.3, -0.25) is 14.8 Å². The van der Waals surface area contributed by atoms with Crippen molar-refractivity contribution in [2.45, 2.75) is 19.9 Å². The molecule has 0 N–H and O–H groups in total. The number of aromatic nitrogens is 2. The summed E-state index contributed by atoms with van der Waals surface area (Å²) in [5, 5.41) is 24.6. The lowest BCUT2D eigenvalue weighted by molar-refractivity contribution is -0.385. The van der Waals surface area contributed by atoms with Crippen LogP contribution in [0.4, 0.5) is 5.69 Å². The second kappa shape index (κ2) is 3.44. The van der Waals surface area contributed by atoms with E-state index in [1.165, 1.54) is 13.8 Å². The number of rotatable bonds is 3. The molecule has 0 aliphatic rings. The molecule has 0 bridgehead atoms. The maximum Gasteiger partial charge on any atom is 0.309 e. The Morgan fingerprint density at radius 2 is 2.29 bits per heavy atom. The summed E-state index contributed by atoms with van der Waals surface area (Å²) in [6, 6.07) is -1.01. The Hall–Kier alpha value is -1.92. The number of nitrogens with zero attached hydrogens (tertiary/aromatic N) is 3. The molecule has 0 aliphatic carbocycles. The molecular weight excluding hydrogens is 190 g/mol. The van der Waals surface area contributed by atoms with Gasteiger partial charge in [-0.15, -0.1) is 0 Å². The van der Waals surface area contributed by atoms with E-state index < -0.39 is 16.9 Å². The molecule has 76 valence electrons. The van der Waals surface area contributed by atoms with Crippen LogP contribution in [0.25, 0.3) is 0 Å². The number of carboxylic acid groups (broad SMARTS) is 1. The highest BCUT2D eigenvalue weighted by molar-refractivity contribution is 5.68. The van der Waals surface area contributed by atoms with Crippen molar-refractivity contribution >= 4 is 11.7 Å². The van der Waals surface area contributed by atoms with Gasteiger partial charge in [0.2, 0.25) is 0 Å². The third-order valence-corrected chi connectivity index (χ3v) is 1.83. The zero-order valence-electron chi connectivity index (χ0n) is 7.63. The SMILES string of the molecule is Cc1nn([C@@H](C)C(=O)[O-])cc1[N+](=O)[O-]. The highest BCUT2D eigenvalue weighted by Crippen LogP contribution is 2.17. The van der Waals surface area contributed by atoms with Crippen LogP contribution < -0.4 is 5.11 Å². The number of aliphatic carboxylic acids is 1. The number of carbonyl (C=O) groups is 1. The molecule has 0 radical (unpaired) electrons. The van der Waals surface area contributed by atoms with E-state index in [2.05, 4.69) is 5.10 Å². The summed E-state index contributed by atoms with van der Waals surface area (Å²) in [5.74, 6) is -1.33. The zero-order chi connectivity index (χ0) is 10.9. The van der Waals surface area contributed by atoms with E-state index in [0.29, 0.717) is 0 Å². The van der Waals surface area contributed by atoms with E-state index in [1.54, 1.807) is 0 Å². The van der Waals surface area contributed by atoms with Crippen molar-refractivity contribution in [2.24, 2.45) is 0 Å². The molecule has 1 rings (SSSR count). The Bertz CT molecular complexity index is 384. The van der Waals surface area contributed by atoms with Gasteiger partial charge in [0.05, 0.1) is 16.9 Å². The topological polar surface area (TPSA) is 101 Å². The van der Waals surface area contributed by atoms with Crippen LogP contribution in [0.2, 0.25) is 0 Å². The Labute approximate surface area is 79.1 Å². The fourth-order valence-corrected chi connectivity index (χ4v) is 0.958. The van der Waals surface area contributed by atoms with Crippen LogP contribution in [-0.2, 0) is 4.79 Å². The fourth-order valence-electron chi connectivity index (χ4n) is 0.958. The maximum absolute atomic E-state index is 10.4. The monoisotopic (exact) mass is 198 g/mol. The third kappa shape index (κ3) is 1.70. The first-order valence-corrected chi connectivity index (χ1v) is 3.84. The third-order valence-electron chi connectivity index (χ3n) is 1.83. The molecule has 0 saturated carbocycles. The van der Waals surface area contributed by atoms with Gasteiger partial charge >= 0.3 is 5.69 Å². The molecule has 7 heteroatoms. The van der Waals surface area contributed by atoms with Crippen LogP contribution in [0, 0.1) is 17.0 Å². The predicted molar refractivity (Wildman–Crippen MR) is 43.3 cm³/mol. The molecule has 1 aromatic heterocycles. The molecule has 7 nitrogen and oxygen atoms in total. The van der Waals surface area contributed by atoms with Crippen molar-refractivity contribution in [3.63, 3.8) is 0 Å². The average molecular weight is 198 g/mol. The predicted octanol–water partition coefficient (Wildman–Crippen LogP) is -0.589. The quantitative estimate of drug-likeness (QED) is 0.477. The van der Waals surface area contributed by atoms with Crippen molar-refractivity contribution < 1.29 is 14.8 Å². The van der Waals surface area contributed by atoms with Crippen molar-refractivity contribution in [1.29, 1.82) is 0 Å². The minimum absolute atomic E-state index is 0.183. The van der Waals surface area contributed by atoms with Gasteiger partial charge in [-0.05, 0) is 13.8 Å². The first-order valence-electron chi connectivity index (χ1n) is 3.84. The van der Waals surface area contributed by atoms with Crippen molar-refractivity contribution in [3.8, 4) is 0 Å². The summed E-state index contributed by atoms with van der Waals surface area (Å²) in [6.07, 6.45) is 1.08. The average Bonchev–Trinajstić information content (AvgIpc) is 2.45. The second-order valence-electron chi connectivity index (χ2n) is 2.83. The molecule has 0 amide bonds. The Morgan fingerprint density at radius 3 is 2.64 bits per heavy atom. The van der Waals surface area contributed by atoms with E-state index >= 15 is 0 Å². The molecule has 1 atom stereocenters. The summed E-state index contributed by atoms with van der Waals surface area (Å²) in [6.45, 7) is 2.78. The largest absolute Gasteiger partial charge is 0.548 e. The number of aryl methyl sites for hydroxylation is 1. The highest BCUT2D eigenvalue weighted by atomic mass is 16.6. The first kappa shape index (κ1) is 10.2. The fraction of sp³-hybridized carbons (Fsp3) is 0.429. The summed E-state index contributed by atoms with van der Waals surface area (Å²) in [5.41, 5.74) is -0.0128. The van der Waals surface area contributed by atoms with Gasteiger partial charge in [0.15, 0.2) is 0 Å². The van der Waals surface area contributed by atoms with E-state index in [4.69, 9.17) is 0 Å². The number of carbonyl (C=O) groups excluding carboxylic acids is 1. The van der Waals surface area contributed by atoms with Crippen LogP contribution in [0.3, 0.4) is 0 Å². The molecule has 0 unspecified atom stereocenters. The van der Waals surface area contributed by atoms with E-state index in [9.17, 15) is 20.0 Å². The standard InChI is InChI=1S/C7H9N3O4/c1-4-6(10(13)14)3-9(8-4)5(2)7(11)12/h3,5H,1-2H3,(H,11,12)/p-1/t5-/m0/s1. The molecule has 1 aromatic rings. The van der Waals surface area contributed by atoms with Crippen LogP contribution in [0.5, 0.6) is 0 Å². The highest BCUT2D eigenvalue weighted by Gasteiger charge is 2.18. The maximum atomic E-state index is 10.4. The number of hydrogen-bond donors (Lipinski definition) is 0. The molecule has 1 heterocycles. The van der Waals surface area contributed by atoms with Gasteiger partial charge in [-0.1, -0.05) is 0 Å². The van der Waals surface area contributed by atoms with E-state index in [0.717, 1.165) is 10.9 Å². The molecule has 0 saturated heterocycles. The van der Waals surface area contributed by atoms with Crippen molar-refractivity contribution in [3.05, 3.63) is 22.0 Å². The van der Waals surface area contributed by atoms with Crippen LogP contribution in [0.1, 0.15) is 18.7 Å². The first-order chi connectivity index (χ1) is 6.43. The van der Waals surface area contributed by atoms with Gasteiger partial charge in [0.25, 0.3) is 0 Å². The summed E-state index contributed by atoms with van der Waals surface area (Å²) >= 11 is 0.